The fourth-order valence-electron chi connectivity index (χ4n) is 3.00. The molecule has 2 rings (SSSR count). The van der Waals surface area contributed by atoms with Gasteiger partial charge in [-0.2, -0.15) is 0 Å². The highest BCUT2D eigenvalue weighted by Crippen LogP contribution is 2.13. The summed E-state index contributed by atoms with van der Waals surface area (Å²) in [6, 6.07) is 8.71. The number of nitrogens with one attached hydrogen (secondary N) is 2. The zero-order valence-corrected chi connectivity index (χ0v) is 17.5. The second-order valence-corrected chi connectivity index (χ2v) is 7.75. The van der Waals surface area contributed by atoms with E-state index < -0.39 is 0 Å². The summed E-state index contributed by atoms with van der Waals surface area (Å²) in [6.07, 6.45) is 0.316. The molecule has 1 saturated heterocycles. The van der Waals surface area contributed by atoms with Gasteiger partial charge in [0.1, 0.15) is 0 Å². The molecule has 0 aliphatic carbocycles. The van der Waals surface area contributed by atoms with Crippen LogP contribution in [-0.4, -0.2) is 62.5 Å². The summed E-state index contributed by atoms with van der Waals surface area (Å²) in [6.45, 7) is 14.3. The van der Waals surface area contributed by atoms with E-state index in [9.17, 15) is 0 Å². The third-order valence-corrected chi connectivity index (χ3v) is 4.72. The van der Waals surface area contributed by atoms with Gasteiger partial charge in [0.25, 0.3) is 0 Å². The number of hydrogen-bond acceptors (Lipinski definition) is 4. The molecule has 27 heavy (non-hydrogen) atoms. The zero-order chi connectivity index (χ0) is 19.7. The Morgan fingerprint density at radius 1 is 1.33 bits per heavy atom. The molecule has 152 valence electrons. The maximum atomic E-state index is 5.63. The third kappa shape index (κ3) is 7.87. The van der Waals surface area contributed by atoms with Gasteiger partial charge in [0, 0.05) is 39.8 Å². The lowest BCUT2D eigenvalue weighted by Gasteiger charge is -2.31. The van der Waals surface area contributed by atoms with Crippen LogP contribution < -0.4 is 10.6 Å². The molecular weight excluding hydrogens is 340 g/mol. The molecule has 1 aromatic carbocycles. The van der Waals surface area contributed by atoms with Gasteiger partial charge in [0.2, 0.25) is 0 Å². The van der Waals surface area contributed by atoms with E-state index in [2.05, 4.69) is 67.5 Å². The molecule has 1 aliphatic heterocycles. The first-order chi connectivity index (χ1) is 12.9. The number of aliphatic imine (C=N–C) groups is 1. The van der Waals surface area contributed by atoms with E-state index in [0.29, 0.717) is 19.2 Å². The quantitative estimate of drug-likeness (QED) is 0.539. The second-order valence-electron chi connectivity index (χ2n) is 7.75. The fourth-order valence-corrected chi connectivity index (χ4v) is 3.00. The summed E-state index contributed by atoms with van der Waals surface area (Å²) in [4.78, 5) is 7.18. The first-order valence-electron chi connectivity index (χ1n) is 9.91. The largest absolute Gasteiger partial charge is 0.377 e. The summed E-state index contributed by atoms with van der Waals surface area (Å²) in [5.74, 6) is 0.815. The summed E-state index contributed by atoms with van der Waals surface area (Å²) in [5, 5.41) is 6.65. The smallest absolute Gasteiger partial charge is 0.191 e. The lowest BCUT2D eigenvalue weighted by Crippen LogP contribution is -2.45. The van der Waals surface area contributed by atoms with Crippen LogP contribution in [0.4, 0.5) is 0 Å². The molecule has 0 saturated carbocycles. The molecule has 1 heterocycles. The van der Waals surface area contributed by atoms with Gasteiger partial charge >= 0.3 is 0 Å². The third-order valence-electron chi connectivity index (χ3n) is 4.72. The van der Waals surface area contributed by atoms with Gasteiger partial charge in [0.15, 0.2) is 5.96 Å². The van der Waals surface area contributed by atoms with Gasteiger partial charge in [-0.1, -0.05) is 24.3 Å². The Morgan fingerprint density at radius 3 is 2.81 bits per heavy atom. The molecule has 0 spiro atoms. The van der Waals surface area contributed by atoms with Gasteiger partial charge in [-0.05, 0) is 38.8 Å². The molecule has 0 amide bonds. The van der Waals surface area contributed by atoms with Gasteiger partial charge in [-0.3, -0.25) is 4.90 Å². The van der Waals surface area contributed by atoms with Crippen molar-refractivity contribution in [1.29, 1.82) is 0 Å². The van der Waals surface area contributed by atoms with Gasteiger partial charge < -0.3 is 20.1 Å². The molecule has 6 nitrogen and oxygen atoms in total. The Kier molecular flexibility index (Phi) is 8.54. The molecule has 0 bridgehead atoms. The summed E-state index contributed by atoms with van der Waals surface area (Å²) >= 11 is 0. The van der Waals surface area contributed by atoms with E-state index in [1.165, 1.54) is 11.1 Å². The van der Waals surface area contributed by atoms with Crippen LogP contribution >= 0.6 is 0 Å². The summed E-state index contributed by atoms with van der Waals surface area (Å²) in [7, 11) is 1.73. The predicted octanol–water partition coefficient (Wildman–Crippen LogP) is 2.39. The molecule has 1 unspecified atom stereocenters. The number of hydrogen-bond donors (Lipinski definition) is 2. The van der Waals surface area contributed by atoms with E-state index in [4.69, 9.17) is 14.5 Å². The molecule has 0 aromatic heterocycles. The van der Waals surface area contributed by atoms with E-state index in [0.717, 1.165) is 38.7 Å². The van der Waals surface area contributed by atoms with Crippen LogP contribution in [0.1, 0.15) is 38.8 Å². The average molecular weight is 377 g/mol. The zero-order valence-electron chi connectivity index (χ0n) is 17.5. The van der Waals surface area contributed by atoms with Crippen LogP contribution in [0.15, 0.2) is 29.3 Å². The molecule has 6 heteroatoms. The predicted molar refractivity (Wildman–Crippen MR) is 111 cm³/mol. The molecule has 2 N–H and O–H groups in total. The van der Waals surface area contributed by atoms with Crippen LogP contribution in [0.3, 0.4) is 0 Å². The number of morpholine rings is 1. The van der Waals surface area contributed by atoms with Crippen LogP contribution in [0.25, 0.3) is 0 Å². The highest BCUT2D eigenvalue weighted by atomic mass is 16.5. The van der Waals surface area contributed by atoms with Gasteiger partial charge in [-0.15, -0.1) is 0 Å². The van der Waals surface area contributed by atoms with Crippen molar-refractivity contribution >= 4 is 5.96 Å². The fraction of sp³-hybridized carbons (Fsp3) is 0.667. The maximum Gasteiger partial charge on any atom is 0.191 e. The second kappa shape index (κ2) is 10.6. The number of ether oxygens (including phenoxy) is 2. The van der Waals surface area contributed by atoms with Crippen molar-refractivity contribution in [3.05, 3.63) is 35.4 Å². The molecular formula is C21H36N4O2. The standard InChI is InChI=1S/C21H36N4O2/c1-6-22-20(24-16-21(3,4)26-5)23-13-18-8-7-9-19(12-18)15-25-10-11-27-17(2)14-25/h7-9,12,17H,6,10-11,13-16H2,1-5H3,(H2,22,23,24). The average Bonchev–Trinajstić information content (AvgIpc) is 2.64. The highest BCUT2D eigenvalue weighted by molar-refractivity contribution is 5.79. The Bertz CT molecular complexity index is 604. The van der Waals surface area contributed by atoms with Crippen molar-refractivity contribution in [2.75, 3.05) is 39.9 Å². The molecule has 1 atom stereocenters. The number of benzene rings is 1. The monoisotopic (exact) mass is 376 g/mol. The van der Waals surface area contributed by atoms with Crippen LogP contribution in [0.5, 0.6) is 0 Å². The summed E-state index contributed by atoms with van der Waals surface area (Å²) < 4.78 is 11.1. The van der Waals surface area contributed by atoms with Crippen molar-refractivity contribution in [1.82, 2.24) is 15.5 Å². The van der Waals surface area contributed by atoms with E-state index >= 15 is 0 Å². The number of nitrogens with zero attached hydrogens (tertiary/aromatic N) is 2. The maximum absolute atomic E-state index is 5.63. The minimum atomic E-state index is -0.231. The lowest BCUT2D eigenvalue weighted by molar-refractivity contribution is -0.0212. The number of guanidine groups is 1. The van der Waals surface area contributed by atoms with Crippen molar-refractivity contribution in [3.63, 3.8) is 0 Å². The normalized spacial score (nSPS) is 19.1. The Hall–Kier alpha value is -1.63. The topological polar surface area (TPSA) is 58.1 Å². The molecule has 1 aliphatic rings. The van der Waals surface area contributed by atoms with E-state index in [1.807, 2.05) is 0 Å². The highest BCUT2D eigenvalue weighted by Gasteiger charge is 2.17. The van der Waals surface area contributed by atoms with E-state index in [1.54, 1.807) is 7.11 Å². The number of rotatable bonds is 8. The SMILES string of the molecule is CCNC(=NCc1cccc(CN2CCOC(C)C2)c1)NCC(C)(C)OC. The molecule has 1 fully saturated rings. The summed E-state index contributed by atoms with van der Waals surface area (Å²) in [5.41, 5.74) is 2.32. The van der Waals surface area contributed by atoms with Crippen molar-refractivity contribution in [2.24, 2.45) is 4.99 Å². The van der Waals surface area contributed by atoms with Gasteiger partial charge in [-0.25, -0.2) is 4.99 Å². The van der Waals surface area contributed by atoms with E-state index in [-0.39, 0.29) is 5.60 Å². The van der Waals surface area contributed by atoms with Crippen LogP contribution in [0.2, 0.25) is 0 Å². The Labute approximate surface area is 164 Å². The molecule has 1 aromatic rings. The van der Waals surface area contributed by atoms with Gasteiger partial charge in [0.05, 0.1) is 24.9 Å². The minimum Gasteiger partial charge on any atom is -0.377 e. The van der Waals surface area contributed by atoms with Crippen molar-refractivity contribution in [3.8, 4) is 0 Å². The molecule has 0 radical (unpaired) electrons. The van der Waals surface area contributed by atoms with Crippen molar-refractivity contribution in [2.45, 2.75) is 52.5 Å². The Balaban J connectivity index is 1.95. The van der Waals surface area contributed by atoms with Crippen molar-refractivity contribution < 1.29 is 9.47 Å². The minimum absolute atomic E-state index is 0.231. The Morgan fingerprint density at radius 2 is 2.11 bits per heavy atom. The number of methoxy groups -OCH3 is 1. The van der Waals surface area contributed by atoms with Crippen LogP contribution in [0, 0.1) is 0 Å². The lowest BCUT2D eigenvalue weighted by atomic mass is 10.1. The van der Waals surface area contributed by atoms with Crippen LogP contribution in [-0.2, 0) is 22.6 Å². The first-order valence-corrected chi connectivity index (χ1v) is 9.91. The first kappa shape index (κ1) is 21.7.